The van der Waals surface area contributed by atoms with E-state index in [9.17, 15) is 0 Å². The number of methoxy groups -OCH3 is 3. The van der Waals surface area contributed by atoms with Crippen LogP contribution in [0.25, 0.3) is 0 Å². The SMILES string of the molecule is COc1cc(C2C=C(CN(C)CC3CCNCC3)C=CN2)cc(OC)c1OC. The van der Waals surface area contributed by atoms with Gasteiger partial charge in [0.1, 0.15) is 0 Å². The molecule has 6 nitrogen and oxygen atoms in total. The third kappa shape index (κ3) is 5.00. The maximum atomic E-state index is 5.50. The minimum Gasteiger partial charge on any atom is -0.493 e. The lowest BCUT2D eigenvalue weighted by molar-refractivity contribution is 0.254. The van der Waals surface area contributed by atoms with E-state index in [2.05, 4.69) is 34.7 Å². The molecular weight excluding hydrogens is 354 g/mol. The Labute approximate surface area is 168 Å². The van der Waals surface area contributed by atoms with Gasteiger partial charge in [0.2, 0.25) is 5.75 Å². The molecule has 1 atom stereocenters. The van der Waals surface area contributed by atoms with E-state index in [1.54, 1.807) is 21.3 Å². The molecule has 3 rings (SSSR count). The van der Waals surface area contributed by atoms with Crippen LogP contribution in [-0.4, -0.2) is 59.5 Å². The Balaban J connectivity index is 1.71. The molecule has 1 aromatic rings. The van der Waals surface area contributed by atoms with E-state index in [0.29, 0.717) is 17.2 Å². The summed E-state index contributed by atoms with van der Waals surface area (Å²) < 4.78 is 16.4. The zero-order valence-corrected chi connectivity index (χ0v) is 17.5. The molecule has 1 fully saturated rings. The number of nitrogens with one attached hydrogen (secondary N) is 2. The number of hydrogen-bond donors (Lipinski definition) is 2. The molecular formula is C22H33N3O3. The van der Waals surface area contributed by atoms with Crippen LogP contribution >= 0.6 is 0 Å². The van der Waals surface area contributed by atoms with Crippen molar-refractivity contribution >= 4 is 0 Å². The summed E-state index contributed by atoms with van der Waals surface area (Å²) in [6.07, 6.45) is 9.01. The van der Waals surface area contributed by atoms with Crippen LogP contribution in [0.1, 0.15) is 24.4 Å². The summed E-state index contributed by atoms with van der Waals surface area (Å²) in [4.78, 5) is 2.43. The van der Waals surface area contributed by atoms with E-state index in [1.807, 2.05) is 18.3 Å². The maximum absolute atomic E-state index is 5.50. The number of piperidine rings is 1. The molecule has 1 aromatic carbocycles. The van der Waals surface area contributed by atoms with Crippen LogP contribution in [0.4, 0.5) is 0 Å². The summed E-state index contributed by atoms with van der Waals surface area (Å²) in [5.74, 6) is 2.76. The normalized spacial score (nSPS) is 19.9. The van der Waals surface area contributed by atoms with Crippen LogP contribution in [0, 0.1) is 5.92 Å². The lowest BCUT2D eigenvalue weighted by Crippen LogP contribution is -2.35. The Morgan fingerprint density at radius 1 is 1.04 bits per heavy atom. The first-order valence-corrected chi connectivity index (χ1v) is 9.97. The monoisotopic (exact) mass is 387 g/mol. The lowest BCUT2D eigenvalue weighted by Gasteiger charge is -2.29. The highest BCUT2D eigenvalue weighted by Gasteiger charge is 2.20. The van der Waals surface area contributed by atoms with E-state index in [4.69, 9.17) is 14.2 Å². The third-order valence-electron chi connectivity index (χ3n) is 5.48. The van der Waals surface area contributed by atoms with Crippen LogP contribution in [0.15, 0.2) is 36.1 Å². The number of dihydropyridines is 1. The zero-order valence-electron chi connectivity index (χ0n) is 17.5. The fraction of sp³-hybridized carbons (Fsp3) is 0.545. The van der Waals surface area contributed by atoms with Crippen molar-refractivity contribution in [3.8, 4) is 17.2 Å². The Bertz CT molecular complexity index is 686. The first-order valence-electron chi connectivity index (χ1n) is 9.97. The standard InChI is InChI=1S/C22H33N3O3/c1-25(14-16-5-8-23-9-6-16)15-17-7-10-24-19(11-17)18-12-20(26-2)22(28-4)21(13-18)27-3/h7,10-13,16,19,23-24H,5-6,8-9,14-15H2,1-4H3. The number of ether oxygens (including phenoxy) is 3. The van der Waals surface area contributed by atoms with Gasteiger partial charge in [0, 0.05) is 13.1 Å². The quantitative estimate of drug-likeness (QED) is 0.715. The van der Waals surface area contributed by atoms with E-state index < -0.39 is 0 Å². The van der Waals surface area contributed by atoms with E-state index in [0.717, 1.165) is 37.7 Å². The molecule has 0 amide bonds. The molecule has 0 bridgehead atoms. The van der Waals surface area contributed by atoms with Gasteiger partial charge in [-0.15, -0.1) is 0 Å². The minimum absolute atomic E-state index is 0.0704. The van der Waals surface area contributed by atoms with Crippen molar-refractivity contribution in [3.05, 3.63) is 41.6 Å². The van der Waals surface area contributed by atoms with Crippen molar-refractivity contribution < 1.29 is 14.2 Å². The third-order valence-corrected chi connectivity index (χ3v) is 5.48. The first-order chi connectivity index (χ1) is 13.6. The highest BCUT2D eigenvalue weighted by atomic mass is 16.5. The van der Waals surface area contributed by atoms with Crippen molar-refractivity contribution in [3.63, 3.8) is 0 Å². The zero-order chi connectivity index (χ0) is 19.9. The Morgan fingerprint density at radius 2 is 1.71 bits per heavy atom. The van der Waals surface area contributed by atoms with Gasteiger partial charge in [-0.2, -0.15) is 0 Å². The van der Waals surface area contributed by atoms with Crippen molar-refractivity contribution in [2.45, 2.75) is 18.9 Å². The predicted molar refractivity (Wildman–Crippen MR) is 112 cm³/mol. The molecule has 2 aliphatic heterocycles. The van der Waals surface area contributed by atoms with E-state index in [1.165, 1.54) is 18.4 Å². The minimum atomic E-state index is 0.0704. The van der Waals surface area contributed by atoms with Gasteiger partial charge in [0.05, 0.1) is 27.4 Å². The van der Waals surface area contributed by atoms with Gasteiger partial charge < -0.3 is 29.7 Å². The van der Waals surface area contributed by atoms with Gasteiger partial charge in [-0.3, -0.25) is 0 Å². The summed E-state index contributed by atoms with van der Waals surface area (Å²) in [6, 6.07) is 4.08. The molecule has 28 heavy (non-hydrogen) atoms. The van der Waals surface area contributed by atoms with E-state index >= 15 is 0 Å². The number of likely N-dealkylation sites (N-methyl/N-ethyl adjacent to an activating group) is 1. The summed E-state index contributed by atoms with van der Waals surface area (Å²) in [6.45, 7) is 4.39. The van der Waals surface area contributed by atoms with Crippen molar-refractivity contribution in [1.82, 2.24) is 15.5 Å². The summed E-state index contributed by atoms with van der Waals surface area (Å²) in [7, 11) is 7.13. The van der Waals surface area contributed by atoms with Crippen LogP contribution in [0.5, 0.6) is 17.2 Å². The molecule has 2 aliphatic rings. The Morgan fingerprint density at radius 3 is 2.32 bits per heavy atom. The second-order valence-corrected chi connectivity index (χ2v) is 7.57. The van der Waals surface area contributed by atoms with Crippen molar-refractivity contribution in [1.29, 1.82) is 0 Å². The number of rotatable bonds is 8. The Hall–Kier alpha value is -2.18. The average Bonchev–Trinajstić information content (AvgIpc) is 2.73. The smallest absolute Gasteiger partial charge is 0.203 e. The Kier molecular flexibility index (Phi) is 7.23. The fourth-order valence-corrected chi connectivity index (χ4v) is 4.04. The van der Waals surface area contributed by atoms with Crippen LogP contribution < -0.4 is 24.8 Å². The molecule has 2 N–H and O–H groups in total. The van der Waals surface area contributed by atoms with Crippen molar-refractivity contribution in [2.75, 3.05) is 54.6 Å². The van der Waals surface area contributed by atoms with Gasteiger partial charge in [0.15, 0.2) is 11.5 Å². The van der Waals surface area contributed by atoms with Gasteiger partial charge in [-0.25, -0.2) is 0 Å². The molecule has 1 saturated heterocycles. The second kappa shape index (κ2) is 9.85. The molecule has 2 heterocycles. The summed E-state index contributed by atoms with van der Waals surface area (Å²) in [5.41, 5.74) is 2.39. The average molecular weight is 388 g/mol. The number of benzene rings is 1. The number of nitrogens with zero attached hydrogens (tertiary/aromatic N) is 1. The van der Waals surface area contributed by atoms with Crippen LogP contribution in [0.3, 0.4) is 0 Å². The maximum Gasteiger partial charge on any atom is 0.203 e. The highest BCUT2D eigenvalue weighted by Crippen LogP contribution is 2.40. The van der Waals surface area contributed by atoms with Gasteiger partial charge in [0.25, 0.3) is 0 Å². The predicted octanol–water partition coefficient (Wildman–Crippen LogP) is 2.73. The molecule has 1 unspecified atom stereocenters. The van der Waals surface area contributed by atoms with E-state index in [-0.39, 0.29) is 6.04 Å². The molecule has 0 spiro atoms. The molecule has 0 saturated carbocycles. The number of hydrogen-bond acceptors (Lipinski definition) is 6. The summed E-state index contributed by atoms with van der Waals surface area (Å²) >= 11 is 0. The summed E-state index contributed by atoms with van der Waals surface area (Å²) in [5, 5.41) is 6.87. The van der Waals surface area contributed by atoms with Crippen LogP contribution in [-0.2, 0) is 0 Å². The van der Waals surface area contributed by atoms with Crippen molar-refractivity contribution in [2.24, 2.45) is 5.92 Å². The fourth-order valence-electron chi connectivity index (χ4n) is 4.04. The molecule has 154 valence electrons. The topological polar surface area (TPSA) is 55.0 Å². The van der Waals surface area contributed by atoms with Crippen LogP contribution in [0.2, 0.25) is 0 Å². The molecule has 0 aliphatic carbocycles. The highest BCUT2D eigenvalue weighted by molar-refractivity contribution is 5.55. The lowest BCUT2D eigenvalue weighted by atomic mass is 9.97. The van der Waals surface area contributed by atoms with Gasteiger partial charge in [-0.05, 0) is 74.4 Å². The van der Waals surface area contributed by atoms with Gasteiger partial charge in [-0.1, -0.05) is 6.08 Å². The molecule has 6 heteroatoms. The molecule has 0 aromatic heterocycles. The second-order valence-electron chi connectivity index (χ2n) is 7.57. The van der Waals surface area contributed by atoms with Gasteiger partial charge >= 0.3 is 0 Å². The molecule has 0 radical (unpaired) electrons. The first kappa shape index (κ1) is 20.6. The largest absolute Gasteiger partial charge is 0.493 e.